The standard InChI is InChI=1S/C11H15N3O4/c1-11(2,3)18-10(17)14-8(9(15)16)4-7(5-12)6-13/h7-8H,4H2,1-3H3,(H,14,17)(H,15,16)/t8-/m0/s1. The molecular weight excluding hydrogens is 238 g/mol. The topological polar surface area (TPSA) is 123 Å². The number of aliphatic carboxylic acids is 1. The summed E-state index contributed by atoms with van der Waals surface area (Å²) in [6, 6.07) is 1.95. The van der Waals surface area contributed by atoms with Crippen molar-refractivity contribution in [3.05, 3.63) is 0 Å². The molecule has 0 saturated heterocycles. The van der Waals surface area contributed by atoms with Crippen molar-refractivity contribution in [3.8, 4) is 12.1 Å². The third kappa shape index (κ3) is 6.33. The summed E-state index contributed by atoms with van der Waals surface area (Å²) in [7, 11) is 0. The highest BCUT2D eigenvalue weighted by molar-refractivity contribution is 5.80. The number of carbonyl (C=O) groups excluding carboxylic acids is 1. The van der Waals surface area contributed by atoms with E-state index in [1.807, 2.05) is 0 Å². The van der Waals surface area contributed by atoms with Gasteiger partial charge >= 0.3 is 12.1 Å². The van der Waals surface area contributed by atoms with Gasteiger partial charge in [-0.05, 0) is 20.8 Å². The summed E-state index contributed by atoms with van der Waals surface area (Å²) in [6.45, 7) is 4.90. The molecule has 0 radical (unpaired) electrons. The maximum Gasteiger partial charge on any atom is 0.408 e. The average Bonchev–Trinajstić information content (AvgIpc) is 2.21. The minimum atomic E-state index is -1.33. The first-order chi connectivity index (χ1) is 8.19. The van der Waals surface area contributed by atoms with E-state index in [-0.39, 0.29) is 6.42 Å². The second kappa shape index (κ2) is 6.45. The van der Waals surface area contributed by atoms with E-state index in [0.29, 0.717) is 0 Å². The van der Waals surface area contributed by atoms with Gasteiger partial charge in [0.05, 0.1) is 12.1 Å². The first kappa shape index (κ1) is 15.7. The zero-order valence-electron chi connectivity index (χ0n) is 10.4. The number of carboxylic acids is 1. The summed E-state index contributed by atoms with van der Waals surface area (Å²) in [5.41, 5.74) is -0.753. The SMILES string of the molecule is CC(C)(C)OC(=O)N[C@@H](CC(C#N)C#N)C(=O)O. The number of rotatable bonds is 4. The van der Waals surface area contributed by atoms with Crippen LogP contribution in [0.1, 0.15) is 27.2 Å². The van der Waals surface area contributed by atoms with Crippen molar-refractivity contribution in [2.45, 2.75) is 38.8 Å². The third-order valence-corrected chi connectivity index (χ3v) is 1.77. The molecule has 0 aliphatic heterocycles. The van der Waals surface area contributed by atoms with E-state index in [4.69, 9.17) is 20.4 Å². The molecule has 0 aromatic carbocycles. The first-order valence-electron chi connectivity index (χ1n) is 5.21. The van der Waals surface area contributed by atoms with E-state index < -0.39 is 29.6 Å². The van der Waals surface area contributed by atoms with Crippen LogP contribution in [-0.2, 0) is 9.53 Å². The van der Waals surface area contributed by atoms with Crippen LogP contribution in [0.4, 0.5) is 4.79 Å². The van der Waals surface area contributed by atoms with Crippen LogP contribution in [0.25, 0.3) is 0 Å². The molecule has 1 amide bonds. The Morgan fingerprint density at radius 1 is 1.33 bits per heavy atom. The fourth-order valence-electron chi connectivity index (χ4n) is 1.04. The van der Waals surface area contributed by atoms with Crippen LogP contribution < -0.4 is 5.32 Å². The van der Waals surface area contributed by atoms with Gasteiger partial charge in [0.1, 0.15) is 17.6 Å². The van der Waals surface area contributed by atoms with Gasteiger partial charge in [-0.1, -0.05) is 0 Å². The predicted octanol–water partition coefficient (Wildman–Crippen LogP) is 1.02. The number of hydrogen-bond donors (Lipinski definition) is 2. The molecule has 18 heavy (non-hydrogen) atoms. The van der Waals surface area contributed by atoms with E-state index in [1.165, 1.54) is 0 Å². The fourth-order valence-corrected chi connectivity index (χ4v) is 1.04. The summed E-state index contributed by atoms with van der Waals surface area (Å²) in [5.74, 6) is -2.42. The highest BCUT2D eigenvalue weighted by Gasteiger charge is 2.26. The van der Waals surface area contributed by atoms with Gasteiger partial charge in [-0.3, -0.25) is 0 Å². The predicted molar refractivity (Wildman–Crippen MR) is 60.1 cm³/mol. The number of carbonyl (C=O) groups is 2. The van der Waals surface area contributed by atoms with Gasteiger partial charge in [-0.15, -0.1) is 0 Å². The quantitative estimate of drug-likeness (QED) is 0.770. The molecule has 2 N–H and O–H groups in total. The average molecular weight is 253 g/mol. The first-order valence-corrected chi connectivity index (χ1v) is 5.21. The van der Waals surface area contributed by atoms with E-state index in [0.717, 1.165) is 0 Å². The molecule has 0 aromatic heterocycles. The molecule has 0 heterocycles. The smallest absolute Gasteiger partial charge is 0.408 e. The maximum atomic E-state index is 11.4. The maximum absolute atomic E-state index is 11.4. The number of nitrogens with one attached hydrogen (secondary N) is 1. The zero-order valence-corrected chi connectivity index (χ0v) is 10.4. The zero-order chi connectivity index (χ0) is 14.3. The Hall–Kier alpha value is -2.28. The Morgan fingerprint density at radius 3 is 2.17 bits per heavy atom. The molecule has 7 heteroatoms. The van der Waals surface area contributed by atoms with Crippen LogP contribution in [0, 0.1) is 28.6 Å². The lowest BCUT2D eigenvalue weighted by atomic mass is 10.0. The van der Waals surface area contributed by atoms with Gasteiger partial charge in [0, 0.05) is 6.42 Å². The third-order valence-electron chi connectivity index (χ3n) is 1.77. The van der Waals surface area contributed by atoms with Crippen LogP contribution in [0.3, 0.4) is 0 Å². The molecule has 0 rings (SSSR count). The molecule has 0 aliphatic rings. The largest absolute Gasteiger partial charge is 0.480 e. The summed E-state index contributed by atoms with van der Waals surface area (Å²) in [4.78, 5) is 22.2. The van der Waals surface area contributed by atoms with Gasteiger partial charge in [0.2, 0.25) is 0 Å². The molecule has 0 unspecified atom stereocenters. The van der Waals surface area contributed by atoms with Crippen LogP contribution in [0.15, 0.2) is 0 Å². The van der Waals surface area contributed by atoms with Gasteiger partial charge in [-0.2, -0.15) is 10.5 Å². The van der Waals surface area contributed by atoms with Gasteiger partial charge < -0.3 is 15.2 Å². The molecule has 0 aromatic rings. The number of ether oxygens (including phenoxy) is 1. The number of carboxylic acid groups (broad SMARTS) is 1. The van der Waals surface area contributed by atoms with Gasteiger partial charge in [-0.25, -0.2) is 9.59 Å². The Morgan fingerprint density at radius 2 is 1.83 bits per heavy atom. The molecule has 7 nitrogen and oxygen atoms in total. The van der Waals surface area contributed by atoms with Crippen LogP contribution in [0.2, 0.25) is 0 Å². The van der Waals surface area contributed by atoms with Crippen molar-refractivity contribution in [2.24, 2.45) is 5.92 Å². The van der Waals surface area contributed by atoms with E-state index in [2.05, 4.69) is 5.32 Å². The Labute approximate surface area is 105 Å². The van der Waals surface area contributed by atoms with E-state index in [9.17, 15) is 9.59 Å². The molecule has 0 bridgehead atoms. The van der Waals surface area contributed by atoms with Crippen LogP contribution in [-0.4, -0.2) is 28.8 Å². The summed E-state index contributed by atoms with van der Waals surface area (Å²) in [6.07, 6.45) is -1.19. The molecule has 0 fully saturated rings. The van der Waals surface area contributed by atoms with Gasteiger partial charge in [0.25, 0.3) is 0 Å². The van der Waals surface area contributed by atoms with E-state index >= 15 is 0 Å². The molecular formula is C11H15N3O4. The molecule has 0 saturated carbocycles. The lowest BCUT2D eigenvalue weighted by molar-refractivity contribution is -0.139. The highest BCUT2D eigenvalue weighted by atomic mass is 16.6. The lowest BCUT2D eigenvalue weighted by Gasteiger charge is -2.22. The van der Waals surface area contributed by atoms with Crippen molar-refractivity contribution in [1.29, 1.82) is 10.5 Å². The molecule has 1 atom stereocenters. The van der Waals surface area contributed by atoms with Crippen molar-refractivity contribution < 1.29 is 19.4 Å². The second-order valence-corrected chi connectivity index (χ2v) is 4.58. The van der Waals surface area contributed by atoms with Crippen molar-refractivity contribution >= 4 is 12.1 Å². The van der Waals surface area contributed by atoms with Crippen molar-refractivity contribution in [2.75, 3.05) is 0 Å². The van der Waals surface area contributed by atoms with Crippen LogP contribution in [0.5, 0.6) is 0 Å². The van der Waals surface area contributed by atoms with E-state index in [1.54, 1.807) is 32.9 Å². The van der Waals surface area contributed by atoms with Crippen molar-refractivity contribution in [3.63, 3.8) is 0 Å². The fraction of sp³-hybridized carbons (Fsp3) is 0.636. The number of nitrogens with zero attached hydrogens (tertiary/aromatic N) is 2. The van der Waals surface area contributed by atoms with Gasteiger partial charge in [0.15, 0.2) is 0 Å². The Bertz CT molecular complexity index is 386. The lowest BCUT2D eigenvalue weighted by Crippen LogP contribution is -2.44. The minimum absolute atomic E-state index is 0.290. The number of amides is 1. The summed E-state index contributed by atoms with van der Waals surface area (Å²) >= 11 is 0. The molecule has 98 valence electrons. The molecule has 0 aliphatic carbocycles. The Kier molecular flexibility index (Phi) is 5.64. The number of hydrogen-bond acceptors (Lipinski definition) is 5. The monoisotopic (exact) mass is 253 g/mol. The highest BCUT2D eigenvalue weighted by Crippen LogP contribution is 2.09. The second-order valence-electron chi connectivity index (χ2n) is 4.58. The molecule has 0 spiro atoms. The van der Waals surface area contributed by atoms with Crippen LogP contribution >= 0.6 is 0 Å². The van der Waals surface area contributed by atoms with Crippen molar-refractivity contribution in [1.82, 2.24) is 5.32 Å². The Balaban J connectivity index is 4.57. The number of alkyl carbamates (subject to hydrolysis) is 1. The summed E-state index contributed by atoms with van der Waals surface area (Å²) < 4.78 is 4.89. The summed E-state index contributed by atoms with van der Waals surface area (Å²) in [5, 5.41) is 28.1. The number of nitriles is 2. The normalized spacial score (nSPS) is 12.1. The minimum Gasteiger partial charge on any atom is -0.480 e.